The number of rotatable bonds is 9. The highest BCUT2D eigenvalue weighted by atomic mass is 14.9. The molecule has 0 rings (SSSR count). The standard InChI is InChI=1S/C13H29N/c1-5-7-8-9-12(3)11-13(4)14-10-6-2/h12-14H,5-11H2,1-4H3. The molecule has 0 aromatic heterocycles. The number of hydrogen-bond donors (Lipinski definition) is 1. The van der Waals surface area contributed by atoms with Gasteiger partial charge in [-0.05, 0) is 32.2 Å². The third-order valence-corrected chi connectivity index (χ3v) is 2.80. The average molecular weight is 199 g/mol. The van der Waals surface area contributed by atoms with Crippen molar-refractivity contribution in [1.82, 2.24) is 5.32 Å². The molecular weight excluding hydrogens is 170 g/mol. The van der Waals surface area contributed by atoms with Gasteiger partial charge in [0.05, 0.1) is 0 Å². The Morgan fingerprint density at radius 3 is 2.29 bits per heavy atom. The molecule has 0 radical (unpaired) electrons. The fourth-order valence-corrected chi connectivity index (χ4v) is 1.94. The van der Waals surface area contributed by atoms with Crippen LogP contribution in [0.1, 0.15) is 66.2 Å². The van der Waals surface area contributed by atoms with Crippen LogP contribution in [-0.2, 0) is 0 Å². The lowest BCUT2D eigenvalue weighted by molar-refractivity contribution is 0.391. The maximum atomic E-state index is 3.55. The summed E-state index contributed by atoms with van der Waals surface area (Å²) in [7, 11) is 0. The Bertz CT molecular complexity index is 112. The lowest BCUT2D eigenvalue weighted by Gasteiger charge is -2.18. The minimum atomic E-state index is 0.701. The van der Waals surface area contributed by atoms with Gasteiger partial charge in [-0.25, -0.2) is 0 Å². The van der Waals surface area contributed by atoms with E-state index in [0.29, 0.717) is 6.04 Å². The normalized spacial score (nSPS) is 15.4. The summed E-state index contributed by atoms with van der Waals surface area (Å²) in [4.78, 5) is 0. The van der Waals surface area contributed by atoms with Gasteiger partial charge in [-0.3, -0.25) is 0 Å². The zero-order chi connectivity index (χ0) is 10.8. The van der Waals surface area contributed by atoms with Gasteiger partial charge in [0.2, 0.25) is 0 Å². The lowest BCUT2D eigenvalue weighted by atomic mass is 9.96. The molecule has 0 aliphatic carbocycles. The van der Waals surface area contributed by atoms with Crippen molar-refractivity contribution in [2.24, 2.45) is 5.92 Å². The monoisotopic (exact) mass is 199 g/mol. The third kappa shape index (κ3) is 8.55. The van der Waals surface area contributed by atoms with Crippen LogP contribution in [0.4, 0.5) is 0 Å². The molecule has 2 atom stereocenters. The van der Waals surface area contributed by atoms with Crippen LogP contribution >= 0.6 is 0 Å². The zero-order valence-electron chi connectivity index (χ0n) is 10.6. The largest absolute Gasteiger partial charge is 0.314 e. The fraction of sp³-hybridized carbons (Fsp3) is 1.00. The van der Waals surface area contributed by atoms with E-state index in [1.807, 2.05) is 0 Å². The minimum absolute atomic E-state index is 0.701. The predicted octanol–water partition coefficient (Wildman–Crippen LogP) is 3.98. The van der Waals surface area contributed by atoms with Crippen LogP contribution in [0.5, 0.6) is 0 Å². The van der Waals surface area contributed by atoms with Crippen LogP contribution < -0.4 is 5.32 Å². The molecule has 0 heterocycles. The molecule has 0 amide bonds. The molecule has 2 unspecified atom stereocenters. The first-order valence-electron chi connectivity index (χ1n) is 6.44. The molecule has 1 N–H and O–H groups in total. The van der Waals surface area contributed by atoms with Gasteiger partial charge in [0.15, 0.2) is 0 Å². The molecule has 86 valence electrons. The molecule has 0 fully saturated rings. The van der Waals surface area contributed by atoms with Gasteiger partial charge in [-0.15, -0.1) is 0 Å². The zero-order valence-corrected chi connectivity index (χ0v) is 10.6. The Balaban J connectivity index is 3.35. The van der Waals surface area contributed by atoms with E-state index in [9.17, 15) is 0 Å². The number of nitrogens with one attached hydrogen (secondary N) is 1. The molecule has 0 bridgehead atoms. The molecule has 14 heavy (non-hydrogen) atoms. The van der Waals surface area contributed by atoms with E-state index >= 15 is 0 Å². The predicted molar refractivity (Wildman–Crippen MR) is 65.7 cm³/mol. The third-order valence-electron chi connectivity index (χ3n) is 2.80. The van der Waals surface area contributed by atoms with Gasteiger partial charge in [0.25, 0.3) is 0 Å². The van der Waals surface area contributed by atoms with Gasteiger partial charge in [0.1, 0.15) is 0 Å². The first-order chi connectivity index (χ1) is 6.70. The topological polar surface area (TPSA) is 12.0 Å². The second-order valence-corrected chi connectivity index (χ2v) is 4.69. The van der Waals surface area contributed by atoms with Crippen molar-refractivity contribution in [3.05, 3.63) is 0 Å². The van der Waals surface area contributed by atoms with Crippen molar-refractivity contribution in [2.75, 3.05) is 6.54 Å². The number of hydrogen-bond acceptors (Lipinski definition) is 1. The Hall–Kier alpha value is -0.0400. The summed E-state index contributed by atoms with van der Waals surface area (Å²) in [5.74, 6) is 0.890. The molecule has 0 saturated heterocycles. The maximum absolute atomic E-state index is 3.55. The summed E-state index contributed by atoms with van der Waals surface area (Å²) in [5.41, 5.74) is 0. The van der Waals surface area contributed by atoms with Crippen molar-refractivity contribution in [1.29, 1.82) is 0 Å². The molecule has 1 nitrogen and oxygen atoms in total. The Morgan fingerprint density at radius 1 is 1.00 bits per heavy atom. The van der Waals surface area contributed by atoms with Crippen LogP contribution in [0.25, 0.3) is 0 Å². The van der Waals surface area contributed by atoms with Gasteiger partial charge in [-0.1, -0.05) is 46.5 Å². The van der Waals surface area contributed by atoms with Gasteiger partial charge in [0, 0.05) is 6.04 Å². The van der Waals surface area contributed by atoms with E-state index in [4.69, 9.17) is 0 Å². The maximum Gasteiger partial charge on any atom is 0.00412 e. The van der Waals surface area contributed by atoms with Crippen LogP contribution in [0.3, 0.4) is 0 Å². The summed E-state index contributed by atoms with van der Waals surface area (Å²) in [6.45, 7) is 10.4. The van der Waals surface area contributed by atoms with E-state index in [2.05, 4.69) is 33.0 Å². The average Bonchev–Trinajstić information content (AvgIpc) is 2.15. The molecule has 0 aliphatic rings. The number of unbranched alkanes of at least 4 members (excludes halogenated alkanes) is 2. The van der Waals surface area contributed by atoms with Gasteiger partial charge in [-0.2, -0.15) is 0 Å². The summed E-state index contributed by atoms with van der Waals surface area (Å²) >= 11 is 0. The van der Waals surface area contributed by atoms with E-state index in [1.54, 1.807) is 0 Å². The second-order valence-electron chi connectivity index (χ2n) is 4.69. The van der Waals surface area contributed by atoms with Crippen LogP contribution in [0.15, 0.2) is 0 Å². The highest BCUT2D eigenvalue weighted by Crippen LogP contribution is 2.14. The second kappa shape index (κ2) is 9.51. The van der Waals surface area contributed by atoms with Crippen molar-refractivity contribution < 1.29 is 0 Å². The van der Waals surface area contributed by atoms with Crippen molar-refractivity contribution in [3.63, 3.8) is 0 Å². The summed E-state index contributed by atoms with van der Waals surface area (Å²) in [6.07, 6.45) is 8.15. The first kappa shape index (κ1) is 14.0. The molecule has 0 aromatic rings. The SMILES string of the molecule is CCCCCC(C)CC(C)NCCC. The van der Waals surface area contributed by atoms with Gasteiger partial charge >= 0.3 is 0 Å². The Kier molecular flexibility index (Phi) is 9.49. The van der Waals surface area contributed by atoms with E-state index < -0.39 is 0 Å². The molecule has 0 aliphatic heterocycles. The Labute approximate surface area is 90.7 Å². The van der Waals surface area contributed by atoms with Crippen LogP contribution in [0, 0.1) is 5.92 Å². The Morgan fingerprint density at radius 2 is 1.71 bits per heavy atom. The van der Waals surface area contributed by atoms with Crippen LogP contribution in [-0.4, -0.2) is 12.6 Å². The lowest BCUT2D eigenvalue weighted by Crippen LogP contribution is -2.28. The van der Waals surface area contributed by atoms with Crippen molar-refractivity contribution in [3.8, 4) is 0 Å². The molecule has 1 heteroatoms. The first-order valence-corrected chi connectivity index (χ1v) is 6.44. The molecule has 0 spiro atoms. The van der Waals surface area contributed by atoms with E-state index in [0.717, 1.165) is 5.92 Å². The van der Waals surface area contributed by atoms with Crippen molar-refractivity contribution >= 4 is 0 Å². The van der Waals surface area contributed by atoms with E-state index in [1.165, 1.54) is 45.1 Å². The summed E-state index contributed by atoms with van der Waals surface area (Å²) in [6, 6.07) is 0.701. The highest BCUT2D eigenvalue weighted by Gasteiger charge is 2.07. The summed E-state index contributed by atoms with van der Waals surface area (Å²) in [5, 5.41) is 3.55. The molecule has 0 aromatic carbocycles. The minimum Gasteiger partial charge on any atom is -0.314 e. The summed E-state index contributed by atoms with van der Waals surface area (Å²) < 4.78 is 0. The van der Waals surface area contributed by atoms with E-state index in [-0.39, 0.29) is 0 Å². The van der Waals surface area contributed by atoms with Crippen LogP contribution in [0.2, 0.25) is 0 Å². The van der Waals surface area contributed by atoms with Gasteiger partial charge < -0.3 is 5.32 Å². The highest BCUT2D eigenvalue weighted by molar-refractivity contribution is 4.64. The smallest absolute Gasteiger partial charge is 0.00412 e. The quantitative estimate of drug-likeness (QED) is 0.554. The fourth-order valence-electron chi connectivity index (χ4n) is 1.94. The molecule has 0 saturated carbocycles. The molecular formula is C13H29N. The van der Waals surface area contributed by atoms with Crippen molar-refractivity contribution in [2.45, 2.75) is 72.3 Å².